The normalized spacial score (nSPS) is 18.1. The van der Waals surface area contributed by atoms with Gasteiger partial charge in [0.15, 0.2) is 5.60 Å². The highest BCUT2D eigenvalue weighted by molar-refractivity contribution is 5.89. The van der Waals surface area contributed by atoms with Crippen LogP contribution in [-0.4, -0.2) is 30.2 Å². The Bertz CT molecular complexity index is 1850. The summed E-state index contributed by atoms with van der Waals surface area (Å²) < 4.78 is 9.02. The van der Waals surface area contributed by atoms with Crippen LogP contribution in [0.3, 0.4) is 0 Å². The van der Waals surface area contributed by atoms with Gasteiger partial charge in [-0.25, -0.2) is 14.8 Å². The van der Waals surface area contributed by atoms with Crippen LogP contribution in [0, 0.1) is 6.92 Å². The lowest BCUT2D eigenvalue weighted by molar-refractivity contribution is -0.172. The van der Waals surface area contributed by atoms with Crippen molar-refractivity contribution in [1.82, 2.24) is 19.1 Å². The first kappa shape index (κ1) is 21.9. The molecule has 2 aliphatic rings. The van der Waals surface area contributed by atoms with Crippen LogP contribution in [0.25, 0.3) is 33.3 Å². The van der Waals surface area contributed by atoms with Crippen molar-refractivity contribution in [2.24, 2.45) is 0 Å². The average molecular weight is 493 g/mol. The Kier molecular flexibility index (Phi) is 4.51. The van der Waals surface area contributed by atoms with Gasteiger partial charge in [0.2, 0.25) is 0 Å². The zero-order chi connectivity index (χ0) is 25.5. The summed E-state index contributed by atoms with van der Waals surface area (Å²) in [7, 11) is 0. The second kappa shape index (κ2) is 7.60. The minimum absolute atomic E-state index is 0.109. The molecule has 1 atom stereocenters. The highest BCUT2D eigenvalue weighted by atomic mass is 16.6. The quantitative estimate of drug-likeness (QED) is 0.378. The monoisotopic (exact) mass is 492 g/mol. The number of aromatic nitrogens is 4. The van der Waals surface area contributed by atoms with Crippen molar-refractivity contribution in [3.8, 4) is 11.4 Å². The number of imidazole rings is 1. The molecular weight excluding hydrogens is 468 g/mol. The molecule has 5 aromatic rings. The molecule has 2 aliphatic heterocycles. The lowest BCUT2D eigenvalue weighted by atomic mass is 9.86. The molecular formula is C29H24N4O4. The number of carbonyl (C=O) groups excluding carboxylic acids is 1. The van der Waals surface area contributed by atoms with Crippen LogP contribution < -0.4 is 5.56 Å². The standard InChI is InChI=1S/C29H24N4O4/c1-3-29(36)21-11-25-26-19(13-33(25)27(34)20(21)14-37-28(29)35)18(17-10-16(2)8-9-22(17)31-26)12-32-15-30-23-6-4-5-7-24(23)32/h4-11,15,36H,3,12-14H2,1-2H3/t29-/m0/s1. The maximum atomic E-state index is 13.7. The zero-order valence-electron chi connectivity index (χ0n) is 20.5. The van der Waals surface area contributed by atoms with Crippen molar-refractivity contribution < 1.29 is 14.6 Å². The highest BCUT2D eigenvalue weighted by Crippen LogP contribution is 2.40. The number of nitrogens with zero attached hydrogens (tertiary/aromatic N) is 4. The van der Waals surface area contributed by atoms with E-state index < -0.39 is 11.6 Å². The molecule has 2 aromatic carbocycles. The lowest BCUT2D eigenvalue weighted by Crippen LogP contribution is -2.44. The van der Waals surface area contributed by atoms with Crippen molar-refractivity contribution in [2.75, 3.05) is 0 Å². The number of aliphatic hydroxyl groups is 1. The summed E-state index contributed by atoms with van der Waals surface area (Å²) in [6, 6.07) is 15.9. The van der Waals surface area contributed by atoms with Crippen LogP contribution in [0.15, 0.2) is 59.7 Å². The van der Waals surface area contributed by atoms with Gasteiger partial charge in [0.1, 0.15) is 6.61 Å². The third-order valence-electron chi connectivity index (χ3n) is 7.82. The molecule has 5 heterocycles. The molecule has 1 N–H and O–H groups in total. The Balaban J connectivity index is 1.49. The van der Waals surface area contributed by atoms with E-state index in [1.807, 2.05) is 42.7 Å². The third-order valence-corrected chi connectivity index (χ3v) is 7.82. The molecule has 8 heteroatoms. The Morgan fingerprint density at radius 1 is 1.08 bits per heavy atom. The molecule has 0 spiro atoms. The molecule has 3 aromatic heterocycles. The number of cyclic esters (lactones) is 1. The van der Waals surface area contributed by atoms with Crippen molar-refractivity contribution in [1.29, 1.82) is 0 Å². The number of fused-ring (bicyclic) bond motifs is 6. The number of pyridine rings is 2. The first-order valence-electron chi connectivity index (χ1n) is 12.4. The molecule has 0 saturated heterocycles. The van der Waals surface area contributed by atoms with Gasteiger partial charge in [0.05, 0.1) is 52.9 Å². The van der Waals surface area contributed by atoms with E-state index >= 15 is 0 Å². The summed E-state index contributed by atoms with van der Waals surface area (Å²) in [5.74, 6) is -0.723. The number of aryl methyl sites for hydroxylation is 1. The summed E-state index contributed by atoms with van der Waals surface area (Å²) in [4.78, 5) is 35.7. The molecule has 7 rings (SSSR count). The van der Waals surface area contributed by atoms with Crippen LogP contribution in [0.2, 0.25) is 0 Å². The van der Waals surface area contributed by atoms with E-state index in [2.05, 4.69) is 22.5 Å². The number of rotatable bonds is 3. The zero-order valence-corrected chi connectivity index (χ0v) is 20.5. The van der Waals surface area contributed by atoms with Crippen molar-refractivity contribution in [2.45, 2.75) is 45.6 Å². The fourth-order valence-corrected chi connectivity index (χ4v) is 5.76. The van der Waals surface area contributed by atoms with Crippen LogP contribution in [0.5, 0.6) is 0 Å². The van der Waals surface area contributed by atoms with Gasteiger partial charge < -0.3 is 19.0 Å². The minimum Gasteiger partial charge on any atom is -0.458 e. The smallest absolute Gasteiger partial charge is 0.343 e. The lowest BCUT2D eigenvalue weighted by Gasteiger charge is -2.31. The second-order valence-electron chi connectivity index (χ2n) is 9.90. The first-order valence-corrected chi connectivity index (χ1v) is 12.4. The topological polar surface area (TPSA) is 99.2 Å². The molecule has 8 nitrogen and oxygen atoms in total. The van der Waals surface area contributed by atoms with E-state index in [1.54, 1.807) is 17.6 Å². The molecule has 0 bridgehead atoms. The number of esters is 1. The molecule has 0 fully saturated rings. The summed E-state index contributed by atoms with van der Waals surface area (Å²) >= 11 is 0. The fraction of sp³-hybridized carbons (Fsp3) is 0.241. The summed E-state index contributed by atoms with van der Waals surface area (Å²) in [5.41, 5.74) is 5.78. The van der Waals surface area contributed by atoms with Crippen molar-refractivity contribution >= 4 is 27.9 Å². The predicted molar refractivity (Wildman–Crippen MR) is 138 cm³/mol. The number of ether oxygens (including phenoxy) is 1. The number of benzene rings is 2. The average Bonchev–Trinajstić information content (AvgIpc) is 3.48. The van der Waals surface area contributed by atoms with Gasteiger partial charge in [0.25, 0.3) is 5.56 Å². The maximum absolute atomic E-state index is 13.7. The van der Waals surface area contributed by atoms with Gasteiger partial charge >= 0.3 is 5.97 Å². The predicted octanol–water partition coefficient (Wildman–Crippen LogP) is 3.79. The van der Waals surface area contributed by atoms with E-state index in [1.165, 1.54) is 0 Å². The van der Waals surface area contributed by atoms with Crippen LogP contribution in [0.4, 0.5) is 0 Å². The summed E-state index contributed by atoms with van der Waals surface area (Å²) in [6.45, 7) is 4.53. The van der Waals surface area contributed by atoms with Gasteiger partial charge in [-0.05, 0) is 49.2 Å². The van der Waals surface area contributed by atoms with Gasteiger partial charge in [0, 0.05) is 16.5 Å². The molecule has 184 valence electrons. The SMILES string of the molecule is CC[C@@]1(O)C(=O)OCc2c1cc1n(c2=O)Cc2c-1nc1ccc(C)cc1c2Cn1cnc2ccccc21. The van der Waals surface area contributed by atoms with Crippen LogP contribution >= 0.6 is 0 Å². The number of carbonyl (C=O) groups is 1. The van der Waals surface area contributed by atoms with Crippen molar-refractivity contribution in [3.05, 3.63) is 93.0 Å². The number of para-hydroxylation sites is 2. The van der Waals surface area contributed by atoms with E-state index in [0.29, 0.717) is 35.6 Å². The Morgan fingerprint density at radius 3 is 2.76 bits per heavy atom. The summed E-state index contributed by atoms with van der Waals surface area (Å²) in [6.07, 6.45) is 1.95. The minimum atomic E-state index is -1.85. The van der Waals surface area contributed by atoms with E-state index in [0.717, 1.165) is 38.6 Å². The van der Waals surface area contributed by atoms with E-state index in [9.17, 15) is 14.7 Å². The van der Waals surface area contributed by atoms with Gasteiger partial charge in [-0.1, -0.05) is 30.7 Å². The van der Waals surface area contributed by atoms with Gasteiger partial charge in [-0.15, -0.1) is 0 Å². The Morgan fingerprint density at radius 2 is 1.92 bits per heavy atom. The first-order chi connectivity index (χ1) is 17.9. The van der Waals surface area contributed by atoms with E-state index in [-0.39, 0.29) is 18.6 Å². The Hall–Kier alpha value is -4.30. The van der Waals surface area contributed by atoms with Crippen LogP contribution in [-0.2, 0) is 34.8 Å². The highest BCUT2D eigenvalue weighted by Gasteiger charge is 2.45. The Labute approximate surface area is 211 Å². The molecule has 0 saturated carbocycles. The second-order valence-corrected chi connectivity index (χ2v) is 9.90. The van der Waals surface area contributed by atoms with Crippen molar-refractivity contribution in [3.63, 3.8) is 0 Å². The van der Waals surface area contributed by atoms with Gasteiger partial charge in [-0.3, -0.25) is 4.79 Å². The number of hydrogen-bond acceptors (Lipinski definition) is 6. The van der Waals surface area contributed by atoms with Crippen LogP contribution in [0.1, 0.15) is 41.2 Å². The molecule has 0 amide bonds. The molecule has 37 heavy (non-hydrogen) atoms. The largest absolute Gasteiger partial charge is 0.458 e. The van der Waals surface area contributed by atoms with Gasteiger partial charge in [-0.2, -0.15) is 0 Å². The maximum Gasteiger partial charge on any atom is 0.343 e. The number of hydrogen-bond donors (Lipinski definition) is 1. The molecule has 0 aliphatic carbocycles. The molecule has 0 radical (unpaired) electrons. The third kappa shape index (κ3) is 2.99. The molecule has 0 unspecified atom stereocenters. The van der Waals surface area contributed by atoms with E-state index in [4.69, 9.17) is 9.72 Å². The fourth-order valence-electron chi connectivity index (χ4n) is 5.76. The summed E-state index contributed by atoms with van der Waals surface area (Å²) in [5, 5.41) is 12.2.